The third-order valence-electron chi connectivity index (χ3n) is 2.39. The number of thioether (sulfide) groups is 1. The molecule has 13 heavy (non-hydrogen) atoms. The SMILES string of the molecule is CC(C)CN=C(N)C1(C)CCCS1. The molecule has 2 N–H and O–H groups in total. The molecule has 2 nitrogen and oxygen atoms in total. The monoisotopic (exact) mass is 200 g/mol. The summed E-state index contributed by atoms with van der Waals surface area (Å²) in [6, 6.07) is 0. The summed E-state index contributed by atoms with van der Waals surface area (Å²) < 4.78 is 0.134. The molecule has 0 aliphatic carbocycles. The van der Waals surface area contributed by atoms with Gasteiger partial charge in [-0.05, 0) is 31.4 Å². The highest BCUT2D eigenvalue weighted by atomic mass is 32.2. The average Bonchev–Trinajstić information content (AvgIpc) is 2.49. The van der Waals surface area contributed by atoms with Crippen LogP contribution < -0.4 is 5.73 Å². The minimum absolute atomic E-state index is 0.134. The molecule has 1 unspecified atom stereocenters. The van der Waals surface area contributed by atoms with Gasteiger partial charge in [-0.3, -0.25) is 4.99 Å². The molecular weight excluding hydrogens is 180 g/mol. The van der Waals surface area contributed by atoms with E-state index >= 15 is 0 Å². The number of nitrogens with zero attached hydrogens (tertiary/aromatic N) is 1. The molecule has 1 heterocycles. The first kappa shape index (κ1) is 10.9. The Morgan fingerprint density at radius 1 is 1.62 bits per heavy atom. The van der Waals surface area contributed by atoms with Gasteiger partial charge in [0.1, 0.15) is 5.84 Å². The molecule has 1 aliphatic heterocycles. The predicted molar refractivity (Wildman–Crippen MR) is 61.4 cm³/mol. The minimum atomic E-state index is 0.134. The van der Waals surface area contributed by atoms with Crippen molar-refractivity contribution in [3.63, 3.8) is 0 Å². The zero-order valence-electron chi connectivity index (χ0n) is 8.84. The zero-order valence-corrected chi connectivity index (χ0v) is 9.66. The lowest BCUT2D eigenvalue weighted by Gasteiger charge is -2.22. The van der Waals surface area contributed by atoms with E-state index in [1.54, 1.807) is 0 Å². The van der Waals surface area contributed by atoms with Gasteiger partial charge in [0.05, 0.1) is 4.75 Å². The largest absolute Gasteiger partial charge is 0.386 e. The molecule has 0 saturated carbocycles. The summed E-state index contributed by atoms with van der Waals surface area (Å²) in [5.41, 5.74) is 5.99. The van der Waals surface area contributed by atoms with Crippen molar-refractivity contribution < 1.29 is 0 Å². The Morgan fingerprint density at radius 2 is 2.31 bits per heavy atom. The molecular formula is C10H20N2S. The van der Waals surface area contributed by atoms with E-state index in [0.29, 0.717) is 5.92 Å². The van der Waals surface area contributed by atoms with E-state index < -0.39 is 0 Å². The van der Waals surface area contributed by atoms with Gasteiger partial charge in [-0.25, -0.2) is 0 Å². The highest BCUT2D eigenvalue weighted by molar-refractivity contribution is 8.01. The third-order valence-corrected chi connectivity index (χ3v) is 3.93. The van der Waals surface area contributed by atoms with Crippen LogP contribution >= 0.6 is 11.8 Å². The lowest BCUT2D eigenvalue weighted by atomic mass is 10.0. The fourth-order valence-corrected chi connectivity index (χ4v) is 2.67. The molecule has 1 rings (SSSR count). The van der Waals surface area contributed by atoms with Crippen molar-refractivity contribution >= 4 is 17.6 Å². The minimum Gasteiger partial charge on any atom is -0.386 e. The molecule has 0 spiro atoms. The molecule has 0 bridgehead atoms. The Hall–Kier alpha value is -0.180. The average molecular weight is 200 g/mol. The maximum Gasteiger partial charge on any atom is 0.110 e. The van der Waals surface area contributed by atoms with E-state index in [4.69, 9.17) is 5.73 Å². The second-order valence-corrected chi connectivity index (χ2v) is 5.90. The lowest BCUT2D eigenvalue weighted by Crippen LogP contribution is -2.36. The van der Waals surface area contributed by atoms with Crippen molar-refractivity contribution in [3.8, 4) is 0 Å². The third kappa shape index (κ3) is 2.90. The zero-order chi connectivity index (χ0) is 9.90. The van der Waals surface area contributed by atoms with Gasteiger partial charge in [0.25, 0.3) is 0 Å². The number of hydrogen-bond acceptors (Lipinski definition) is 2. The van der Waals surface area contributed by atoms with Crippen LogP contribution in [0, 0.1) is 5.92 Å². The molecule has 0 aromatic carbocycles. The molecule has 3 heteroatoms. The molecule has 76 valence electrons. The number of amidine groups is 1. The van der Waals surface area contributed by atoms with Crippen molar-refractivity contribution in [3.05, 3.63) is 0 Å². The Morgan fingerprint density at radius 3 is 2.77 bits per heavy atom. The van der Waals surface area contributed by atoms with Gasteiger partial charge in [-0.2, -0.15) is 0 Å². The summed E-state index contributed by atoms with van der Waals surface area (Å²) in [7, 11) is 0. The highest BCUT2D eigenvalue weighted by Gasteiger charge is 2.33. The topological polar surface area (TPSA) is 38.4 Å². The summed E-state index contributed by atoms with van der Waals surface area (Å²) in [6.07, 6.45) is 2.46. The fraction of sp³-hybridized carbons (Fsp3) is 0.900. The molecule has 0 amide bonds. The standard InChI is InChI=1S/C10H20N2S/c1-8(2)7-12-9(11)10(3)5-4-6-13-10/h8H,4-7H2,1-3H3,(H2,11,12). The van der Waals surface area contributed by atoms with Gasteiger partial charge in [0.15, 0.2) is 0 Å². The summed E-state index contributed by atoms with van der Waals surface area (Å²) in [4.78, 5) is 4.45. The summed E-state index contributed by atoms with van der Waals surface area (Å²) in [5.74, 6) is 2.69. The first-order valence-electron chi connectivity index (χ1n) is 4.99. The predicted octanol–water partition coefficient (Wildman–Crippen LogP) is 2.29. The molecule has 0 aromatic rings. The second kappa shape index (κ2) is 4.36. The van der Waals surface area contributed by atoms with Crippen LogP contribution in [0.25, 0.3) is 0 Å². The quantitative estimate of drug-likeness (QED) is 0.561. The smallest absolute Gasteiger partial charge is 0.110 e. The van der Waals surface area contributed by atoms with Crippen molar-refractivity contribution in [1.29, 1.82) is 0 Å². The van der Waals surface area contributed by atoms with Crippen LogP contribution in [0.5, 0.6) is 0 Å². The maximum absolute atomic E-state index is 5.99. The van der Waals surface area contributed by atoms with Crippen LogP contribution in [0.3, 0.4) is 0 Å². The van der Waals surface area contributed by atoms with Crippen LogP contribution in [0.15, 0.2) is 4.99 Å². The Labute approximate surface area is 85.4 Å². The number of nitrogens with two attached hydrogens (primary N) is 1. The summed E-state index contributed by atoms with van der Waals surface area (Å²) in [6.45, 7) is 7.41. The first-order valence-corrected chi connectivity index (χ1v) is 5.97. The van der Waals surface area contributed by atoms with Gasteiger partial charge in [0.2, 0.25) is 0 Å². The molecule has 1 atom stereocenters. The molecule has 1 fully saturated rings. The van der Waals surface area contributed by atoms with Crippen molar-refractivity contribution in [2.75, 3.05) is 12.3 Å². The second-order valence-electron chi connectivity index (χ2n) is 4.30. The molecule has 0 radical (unpaired) electrons. The van der Waals surface area contributed by atoms with E-state index in [2.05, 4.69) is 25.8 Å². The van der Waals surface area contributed by atoms with Gasteiger partial charge < -0.3 is 5.73 Å². The lowest BCUT2D eigenvalue weighted by molar-refractivity contribution is 0.656. The van der Waals surface area contributed by atoms with Crippen LogP contribution in [0.2, 0.25) is 0 Å². The van der Waals surface area contributed by atoms with E-state index in [9.17, 15) is 0 Å². The highest BCUT2D eigenvalue weighted by Crippen LogP contribution is 2.37. The number of rotatable bonds is 3. The fourth-order valence-electron chi connectivity index (χ4n) is 1.43. The number of hydrogen-bond donors (Lipinski definition) is 1. The molecule has 1 saturated heterocycles. The van der Waals surface area contributed by atoms with E-state index in [-0.39, 0.29) is 4.75 Å². The van der Waals surface area contributed by atoms with Crippen LogP contribution in [0.4, 0.5) is 0 Å². The Balaban J connectivity index is 2.54. The van der Waals surface area contributed by atoms with Gasteiger partial charge in [-0.1, -0.05) is 13.8 Å². The summed E-state index contributed by atoms with van der Waals surface area (Å²) >= 11 is 1.95. The molecule has 0 aromatic heterocycles. The summed E-state index contributed by atoms with van der Waals surface area (Å²) in [5, 5.41) is 0. The molecule has 1 aliphatic rings. The van der Waals surface area contributed by atoms with Crippen molar-refractivity contribution in [1.82, 2.24) is 0 Å². The van der Waals surface area contributed by atoms with Gasteiger partial charge in [0, 0.05) is 6.54 Å². The van der Waals surface area contributed by atoms with E-state index in [1.165, 1.54) is 18.6 Å². The van der Waals surface area contributed by atoms with Crippen LogP contribution in [0.1, 0.15) is 33.6 Å². The van der Waals surface area contributed by atoms with Crippen LogP contribution in [-0.4, -0.2) is 22.9 Å². The number of aliphatic imine (C=N–C) groups is 1. The Kier molecular flexibility index (Phi) is 3.65. The Bertz CT molecular complexity index is 193. The van der Waals surface area contributed by atoms with Gasteiger partial charge in [-0.15, -0.1) is 11.8 Å². The first-order chi connectivity index (χ1) is 6.04. The van der Waals surface area contributed by atoms with Crippen molar-refractivity contribution in [2.24, 2.45) is 16.6 Å². The maximum atomic E-state index is 5.99. The van der Waals surface area contributed by atoms with E-state index in [1.807, 2.05) is 11.8 Å². The van der Waals surface area contributed by atoms with Crippen LogP contribution in [-0.2, 0) is 0 Å². The van der Waals surface area contributed by atoms with Crippen molar-refractivity contribution in [2.45, 2.75) is 38.4 Å². The normalized spacial score (nSPS) is 30.0. The van der Waals surface area contributed by atoms with Gasteiger partial charge >= 0.3 is 0 Å². The van der Waals surface area contributed by atoms with E-state index in [0.717, 1.165) is 12.4 Å².